The highest BCUT2D eigenvalue weighted by atomic mass is 79.9. The number of halogens is 3. The summed E-state index contributed by atoms with van der Waals surface area (Å²) in [7, 11) is 0. The van der Waals surface area contributed by atoms with E-state index in [1.165, 1.54) is 12.1 Å². The maximum atomic E-state index is 13.1. The molecule has 0 amide bonds. The van der Waals surface area contributed by atoms with Gasteiger partial charge in [-0.1, -0.05) is 15.9 Å². The molecule has 0 aliphatic heterocycles. The summed E-state index contributed by atoms with van der Waals surface area (Å²) in [6.07, 6.45) is 3.56. The van der Waals surface area contributed by atoms with Crippen molar-refractivity contribution in [2.75, 3.05) is 0 Å². The summed E-state index contributed by atoms with van der Waals surface area (Å²) in [5.41, 5.74) is 1.81. The van der Waals surface area contributed by atoms with Gasteiger partial charge in [0.1, 0.15) is 5.82 Å². The molecule has 0 aliphatic rings. The predicted octanol–water partition coefficient (Wildman–Crippen LogP) is 3.57. The van der Waals surface area contributed by atoms with Crippen LogP contribution in [0.2, 0.25) is 0 Å². The van der Waals surface area contributed by atoms with Crippen molar-refractivity contribution in [3.05, 3.63) is 52.0 Å². The number of aromatic nitrogens is 2. The SMILES string of the molecule is Fc1cc(Br)cc(Cn2cc(CCl)cn2)c1. The summed E-state index contributed by atoms with van der Waals surface area (Å²) in [5, 5.41) is 4.14. The van der Waals surface area contributed by atoms with Gasteiger partial charge in [-0.25, -0.2) is 4.39 Å². The van der Waals surface area contributed by atoms with Gasteiger partial charge in [0.05, 0.1) is 18.6 Å². The van der Waals surface area contributed by atoms with E-state index in [2.05, 4.69) is 21.0 Å². The number of alkyl halides is 1. The Bertz CT molecular complexity index is 478. The van der Waals surface area contributed by atoms with Crippen LogP contribution in [0.3, 0.4) is 0 Å². The van der Waals surface area contributed by atoms with Crippen LogP contribution in [0.1, 0.15) is 11.1 Å². The van der Waals surface area contributed by atoms with Crippen LogP contribution < -0.4 is 0 Å². The first-order valence-electron chi connectivity index (χ1n) is 4.69. The van der Waals surface area contributed by atoms with E-state index < -0.39 is 0 Å². The molecular weight excluding hydrogens is 294 g/mol. The molecule has 2 nitrogen and oxygen atoms in total. The van der Waals surface area contributed by atoms with E-state index in [4.69, 9.17) is 11.6 Å². The standard InChI is InChI=1S/C11H9BrClFN2/c12-10-1-8(2-11(14)3-10)6-16-7-9(4-13)5-15-16/h1-3,5,7H,4,6H2. The second kappa shape index (κ2) is 4.97. The third-order valence-corrected chi connectivity index (χ3v) is 2.87. The van der Waals surface area contributed by atoms with E-state index in [9.17, 15) is 4.39 Å². The van der Waals surface area contributed by atoms with Crippen LogP contribution in [0.5, 0.6) is 0 Å². The second-order valence-corrected chi connectivity index (χ2v) is 4.64. The number of nitrogens with zero attached hydrogens (tertiary/aromatic N) is 2. The van der Waals surface area contributed by atoms with Crippen molar-refractivity contribution in [2.24, 2.45) is 0 Å². The van der Waals surface area contributed by atoms with E-state index in [0.29, 0.717) is 12.4 Å². The van der Waals surface area contributed by atoms with Gasteiger partial charge in [-0.15, -0.1) is 11.6 Å². The number of hydrogen-bond acceptors (Lipinski definition) is 1. The molecule has 0 radical (unpaired) electrons. The van der Waals surface area contributed by atoms with Crippen LogP contribution in [0, 0.1) is 5.82 Å². The first-order chi connectivity index (χ1) is 7.67. The smallest absolute Gasteiger partial charge is 0.124 e. The molecule has 0 atom stereocenters. The van der Waals surface area contributed by atoms with E-state index in [1.54, 1.807) is 10.9 Å². The van der Waals surface area contributed by atoms with E-state index >= 15 is 0 Å². The van der Waals surface area contributed by atoms with Gasteiger partial charge in [0.25, 0.3) is 0 Å². The highest BCUT2D eigenvalue weighted by Gasteiger charge is 2.02. The average molecular weight is 304 g/mol. The van der Waals surface area contributed by atoms with Crippen LogP contribution in [0.25, 0.3) is 0 Å². The molecule has 0 N–H and O–H groups in total. The lowest BCUT2D eigenvalue weighted by atomic mass is 10.2. The topological polar surface area (TPSA) is 17.8 Å². The monoisotopic (exact) mass is 302 g/mol. The molecule has 84 valence electrons. The highest BCUT2D eigenvalue weighted by Crippen LogP contribution is 2.16. The van der Waals surface area contributed by atoms with Gasteiger partial charge >= 0.3 is 0 Å². The van der Waals surface area contributed by atoms with Gasteiger partial charge in [-0.05, 0) is 23.8 Å². The number of benzene rings is 1. The van der Waals surface area contributed by atoms with Crippen molar-refractivity contribution in [1.82, 2.24) is 9.78 Å². The van der Waals surface area contributed by atoms with Crippen LogP contribution in [0.15, 0.2) is 35.1 Å². The summed E-state index contributed by atoms with van der Waals surface area (Å²) >= 11 is 8.93. The van der Waals surface area contributed by atoms with Gasteiger partial charge < -0.3 is 0 Å². The molecule has 0 saturated carbocycles. The van der Waals surface area contributed by atoms with Crippen LogP contribution in [0.4, 0.5) is 4.39 Å². The largest absolute Gasteiger partial charge is 0.268 e. The van der Waals surface area contributed by atoms with Crippen molar-refractivity contribution in [3.63, 3.8) is 0 Å². The maximum Gasteiger partial charge on any atom is 0.124 e. The van der Waals surface area contributed by atoms with Crippen LogP contribution in [-0.4, -0.2) is 9.78 Å². The fourth-order valence-corrected chi connectivity index (χ4v) is 2.10. The highest BCUT2D eigenvalue weighted by molar-refractivity contribution is 9.10. The molecule has 0 fully saturated rings. The minimum absolute atomic E-state index is 0.255. The Morgan fingerprint density at radius 2 is 2.12 bits per heavy atom. The van der Waals surface area contributed by atoms with Crippen molar-refractivity contribution >= 4 is 27.5 Å². The molecule has 2 aromatic rings. The maximum absolute atomic E-state index is 13.1. The molecule has 5 heteroatoms. The Morgan fingerprint density at radius 3 is 2.75 bits per heavy atom. The van der Waals surface area contributed by atoms with Crippen molar-refractivity contribution in [1.29, 1.82) is 0 Å². The summed E-state index contributed by atoms with van der Waals surface area (Å²) in [6.45, 7) is 0.535. The van der Waals surface area contributed by atoms with Crippen molar-refractivity contribution in [3.8, 4) is 0 Å². The lowest BCUT2D eigenvalue weighted by molar-refractivity contribution is 0.618. The average Bonchev–Trinajstić information content (AvgIpc) is 2.64. The molecule has 1 aromatic heterocycles. The number of rotatable bonds is 3. The van der Waals surface area contributed by atoms with E-state index in [0.717, 1.165) is 15.6 Å². The van der Waals surface area contributed by atoms with Gasteiger partial charge in [0, 0.05) is 16.2 Å². The summed E-state index contributed by atoms with van der Waals surface area (Å²) in [4.78, 5) is 0. The fraction of sp³-hybridized carbons (Fsp3) is 0.182. The molecule has 1 aromatic carbocycles. The Labute approximate surface area is 106 Å². The van der Waals surface area contributed by atoms with Gasteiger partial charge in [-0.3, -0.25) is 4.68 Å². The van der Waals surface area contributed by atoms with Gasteiger partial charge in [-0.2, -0.15) is 5.10 Å². The predicted molar refractivity (Wildman–Crippen MR) is 65.0 cm³/mol. The normalized spacial score (nSPS) is 10.7. The lowest BCUT2D eigenvalue weighted by Gasteiger charge is -2.03. The van der Waals surface area contributed by atoms with Crippen molar-refractivity contribution in [2.45, 2.75) is 12.4 Å². The van der Waals surface area contributed by atoms with Crippen LogP contribution in [-0.2, 0) is 12.4 Å². The Kier molecular flexibility index (Phi) is 3.61. The van der Waals surface area contributed by atoms with Crippen LogP contribution >= 0.6 is 27.5 Å². The summed E-state index contributed by atoms with van der Waals surface area (Å²) < 4.78 is 15.6. The molecule has 0 saturated heterocycles. The first-order valence-corrected chi connectivity index (χ1v) is 6.02. The lowest BCUT2D eigenvalue weighted by Crippen LogP contribution is -2.00. The van der Waals surface area contributed by atoms with Gasteiger partial charge in [0.2, 0.25) is 0 Å². The minimum atomic E-state index is -0.255. The number of hydrogen-bond donors (Lipinski definition) is 0. The second-order valence-electron chi connectivity index (χ2n) is 3.46. The molecular formula is C11H9BrClFN2. The molecule has 1 heterocycles. The summed E-state index contributed by atoms with van der Waals surface area (Å²) in [5.74, 6) is 0.182. The van der Waals surface area contributed by atoms with Crippen molar-refractivity contribution < 1.29 is 4.39 Å². The molecule has 0 unspecified atom stereocenters. The third-order valence-electron chi connectivity index (χ3n) is 2.11. The summed E-state index contributed by atoms with van der Waals surface area (Å²) in [6, 6.07) is 4.79. The third kappa shape index (κ3) is 2.83. The molecule has 2 rings (SSSR count). The quantitative estimate of drug-likeness (QED) is 0.793. The van der Waals surface area contributed by atoms with Gasteiger partial charge in [0.15, 0.2) is 0 Å². The zero-order chi connectivity index (χ0) is 11.5. The zero-order valence-electron chi connectivity index (χ0n) is 8.33. The minimum Gasteiger partial charge on any atom is -0.268 e. The Balaban J connectivity index is 2.19. The Hall–Kier alpha value is -0.870. The molecule has 16 heavy (non-hydrogen) atoms. The van der Waals surface area contributed by atoms with E-state index in [1.807, 2.05) is 12.3 Å². The van der Waals surface area contributed by atoms with E-state index in [-0.39, 0.29) is 5.82 Å². The fourth-order valence-electron chi connectivity index (χ4n) is 1.45. The first kappa shape index (κ1) is 11.6. The Morgan fingerprint density at radius 1 is 1.31 bits per heavy atom. The molecule has 0 bridgehead atoms. The molecule has 0 spiro atoms. The molecule has 0 aliphatic carbocycles. The zero-order valence-corrected chi connectivity index (χ0v) is 10.7.